The maximum atomic E-state index is 12.2. The van der Waals surface area contributed by atoms with Gasteiger partial charge in [0.15, 0.2) is 5.78 Å². The van der Waals surface area contributed by atoms with Crippen LogP contribution in [0, 0.1) is 5.92 Å². The zero-order valence-electron chi connectivity index (χ0n) is 11.4. The predicted molar refractivity (Wildman–Crippen MR) is 77.8 cm³/mol. The van der Waals surface area contributed by atoms with Crippen molar-refractivity contribution in [2.75, 3.05) is 25.9 Å². The van der Waals surface area contributed by atoms with E-state index in [1.54, 1.807) is 11.8 Å². The molecule has 0 amide bonds. The molecule has 1 atom stereocenters. The fraction of sp³-hybridized carbons (Fsp3) is 0.467. The predicted octanol–water partition coefficient (Wildman–Crippen LogP) is 2.50. The van der Waals surface area contributed by atoms with Crippen LogP contribution >= 0.6 is 11.8 Å². The second-order valence-corrected chi connectivity index (χ2v) is 5.88. The summed E-state index contributed by atoms with van der Waals surface area (Å²) in [6, 6.07) is 7.71. The fourth-order valence-electron chi connectivity index (χ4n) is 2.31. The molecule has 19 heavy (non-hydrogen) atoms. The molecule has 3 nitrogen and oxygen atoms in total. The summed E-state index contributed by atoms with van der Waals surface area (Å²) in [6.45, 7) is 3.76. The molecule has 1 aliphatic rings. The van der Waals surface area contributed by atoms with Crippen LogP contribution in [-0.4, -0.2) is 42.4 Å². The second kappa shape index (κ2) is 6.35. The van der Waals surface area contributed by atoms with Crippen molar-refractivity contribution in [3.63, 3.8) is 0 Å². The topological polar surface area (TPSA) is 37.4 Å². The van der Waals surface area contributed by atoms with Crippen molar-refractivity contribution >= 4 is 23.3 Å². The van der Waals surface area contributed by atoms with Gasteiger partial charge in [-0.3, -0.25) is 14.5 Å². The van der Waals surface area contributed by atoms with Crippen LogP contribution in [-0.2, 0) is 4.79 Å². The molecule has 1 unspecified atom stereocenters. The Hall–Kier alpha value is -1.13. The van der Waals surface area contributed by atoms with Crippen molar-refractivity contribution in [2.45, 2.75) is 18.2 Å². The molecule has 0 N–H and O–H groups in total. The Morgan fingerprint density at radius 3 is 2.63 bits per heavy atom. The van der Waals surface area contributed by atoms with Gasteiger partial charge in [0, 0.05) is 35.9 Å². The molecule has 0 radical (unpaired) electrons. The normalized spacial score (nSPS) is 20.5. The Kier molecular flexibility index (Phi) is 4.77. The molecule has 0 spiro atoms. The van der Waals surface area contributed by atoms with Gasteiger partial charge < -0.3 is 0 Å². The largest absolute Gasteiger partial charge is 0.299 e. The van der Waals surface area contributed by atoms with E-state index in [1.807, 2.05) is 37.4 Å². The van der Waals surface area contributed by atoms with Crippen molar-refractivity contribution in [1.82, 2.24) is 4.90 Å². The molecule has 1 fully saturated rings. The quantitative estimate of drug-likeness (QED) is 0.626. The lowest BCUT2D eigenvalue weighted by Gasteiger charge is -2.29. The number of Topliss-reactive ketones (excluding diaryl/α,β-unsaturated/α-hetero) is 2. The molecule has 4 heteroatoms. The lowest BCUT2D eigenvalue weighted by molar-refractivity contribution is -0.125. The fourth-order valence-corrected chi connectivity index (χ4v) is 2.72. The number of benzene rings is 1. The molecule has 0 bridgehead atoms. The van der Waals surface area contributed by atoms with Crippen LogP contribution in [0.4, 0.5) is 0 Å². The Morgan fingerprint density at radius 2 is 2.05 bits per heavy atom. The van der Waals surface area contributed by atoms with E-state index in [2.05, 4.69) is 4.90 Å². The zero-order valence-corrected chi connectivity index (χ0v) is 12.2. The van der Waals surface area contributed by atoms with Crippen molar-refractivity contribution < 1.29 is 9.59 Å². The number of ketones is 2. The SMILES string of the molecule is CSc1ccc(C(=O)CN2CCC(=O)C(C)C2)cc1. The van der Waals surface area contributed by atoms with E-state index >= 15 is 0 Å². The highest BCUT2D eigenvalue weighted by atomic mass is 32.2. The van der Waals surface area contributed by atoms with Gasteiger partial charge in [0.1, 0.15) is 5.78 Å². The van der Waals surface area contributed by atoms with Crippen molar-refractivity contribution in [2.24, 2.45) is 5.92 Å². The van der Waals surface area contributed by atoms with Crippen LogP contribution < -0.4 is 0 Å². The van der Waals surface area contributed by atoms with Crippen LogP contribution in [0.5, 0.6) is 0 Å². The summed E-state index contributed by atoms with van der Waals surface area (Å²) in [7, 11) is 0. The standard InChI is InChI=1S/C15H19NO2S/c1-11-9-16(8-7-14(11)17)10-15(18)12-3-5-13(19-2)6-4-12/h3-6,11H,7-10H2,1-2H3. The molecule has 2 rings (SSSR count). The molecular weight excluding hydrogens is 258 g/mol. The van der Waals surface area contributed by atoms with E-state index in [-0.39, 0.29) is 11.7 Å². The van der Waals surface area contributed by atoms with Crippen LogP contribution in [0.2, 0.25) is 0 Å². The van der Waals surface area contributed by atoms with Gasteiger partial charge in [-0.05, 0) is 18.4 Å². The van der Waals surface area contributed by atoms with Crippen LogP contribution in [0.1, 0.15) is 23.7 Å². The van der Waals surface area contributed by atoms with Crippen LogP contribution in [0.3, 0.4) is 0 Å². The summed E-state index contributed by atoms with van der Waals surface area (Å²) in [5, 5.41) is 0. The number of piperidine rings is 1. The van der Waals surface area contributed by atoms with Gasteiger partial charge in [-0.15, -0.1) is 11.8 Å². The summed E-state index contributed by atoms with van der Waals surface area (Å²) < 4.78 is 0. The average Bonchev–Trinajstić information content (AvgIpc) is 2.43. The molecule has 1 aromatic rings. The number of nitrogens with zero attached hydrogens (tertiary/aromatic N) is 1. The van der Waals surface area contributed by atoms with E-state index in [4.69, 9.17) is 0 Å². The van der Waals surface area contributed by atoms with Gasteiger partial charge >= 0.3 is 0 Å². The number of carbonyl (C=O) groups excluding carboxylic acids is 2. The molecule has 0 saturated carbocycles. The summed E-state index contributed by atoms with van der Waals surface area (Å²) in [5.41, 5.74) is 0.752. The Balaban J connectivity index is 1.95. The van der Waals surface area contributed by atoms with Gasteiger partial charge in [-0.1, -0.05) is 19.1 Å². The number of hydrogen-bond donors (Lipinski definition) is 0. The van der Waals surface area contributed by atoms with Gasteiger partial charge in [-0.2, -0.15) is 0 Å². The Bertz CT molecular complexity index is 470. The van der Waals surface area contributed by atoms with Gasteiger partial charge in [0.2, 0.25) is 0 Å². The highest BCUT2D eigenvalue weighted by Crippen LogP contribution is 2.16. The van der Waals surface area contributed by atoms with Gasteiger partial charge in [-0.25, -0.2) is 0 Å². The van der Waals surface area contributed by atoms with Crippen LogP contribution in [0.15, 0.2) is 29.2 Å². The first kappa shape index (κ1) is 14.3. The summed E-state index contributed by atoms with van der Waals surface area (Å²) in [5.74, 6) is 0.502. The first-order valence-electron chi connectivity index (χ1n) is 6.52. The van der Waals surface area contributed by atoms with Crippen molar-refractivity contribution in [3.8, 4) is 0 Å². The van der Waals surface area contributed by atoms with E-state index in [1.165, 1.54) is 0 Å². The lowest BCUT2D eigenvalue weighted by atomic mass is 9.98. The van der Waals surface area contributed by atoms with Gasteiger partial charge in [0.05, 0.1) is 6.54 Å². The number of rotatable bonds is 4. The van der Waals surface area contributed by atoms with Crippen LogP contribution in [0.25, 0.3) is 0 Å². The first-order valence-corrected chi connectivity index (χ1v) is 7.75. The third-order valence-electron chi connectivity index (χ3n) is 3.54. The minimum Gasteiger partial charge on any atom is -0.299 e. The number of hydrogen-bond acceptors (Lipinski definition) is 4. The Morgan fingerprint density at radius 1 is 1.37 bits per heavy atom. The number of likely N-dealkylation sites (tertiary alicyclic amines) is 1. The molecular formula is C15H19NO2S. The van der Waals surface area contributed by atoms with Gasteiger partial charge in [0.25, 0.3) is 0 Å². The highest BCUT2D eigenvalue weighted by molar-refractivity contribution is 7.98. The minimum absolute atomic E-state index is 0.0559. The average molecular weight is 277 g/mol. The number of carbonyl (C=O) groups is 2. The van der Waals surface area contributed by atoms with Crippen molar-refractivity contribution in [3.05, 3.63) is 29.8 Å². The summed E-state index contributed by atoms with van der Waals surface area (Å²) >= 11 is 1.67. The molecule has 1 aliphatic heterocycles. The molecule has 1 heterocycles. The highest BCUT2D eigenvalue weighted by Gasteiger charge is 2.24. The third-order valence-corrected chi connectivity index (χ3v) is 4.28. The van der Waals surface area contributed by atoms with E-state index in [0.717, 1.165) is 10.5 Å². The first-order chi connectivity index (χ1) is 9.10. The minimum atomic E-state index is 0.0559. The lowest BCUT2D eigenvalue weighted by Crippen LogP contribution is -2.42. The van der Waals surface area contributed by atoms with E-state index in [9.17, 15) is 9.59 Å². The smallest absolute Gasteiger partial charge is 0.176 e. The maximum Gasteiger partial charge on any atom is 0.176 e. The maximum absolute atomic E-state index is 12.2. The Labute approximate surface area is 118 Å². The molecule has 102 valence electrons. The molecule has 1 aromatic carbocycles. The summed E-state index contributed by atoms with van der Waals surface area (Å²) in [6.07, 6.45) is 2.59. The second-order valence-electron chi connectivity index (χ2n) is 5.00. The monoisotopic (exact) mass is 277 g/mol. The molecule has 1 saturated heterocycles. The van der Waals surface area contributed by atoms with E-state index in [0.29, 0.717) is 31.8 Å². The zero-order chi connectivity index (χ0) is 13.8. The molecule has 0 aliphatic carbocycles. The summed E-state index contributed by atoms with van der Waals surface area (Å²) in [4.78, 5) is 26.9. The third kappa shape index (κ3) is 3.67. The molecule has 0 aromatic heterocycles. The van der Waals surface area contributed by atoms with Crippen molar-refractivity contribution in [1.29, 1.82) is 0 Å². The number of thioether (sulfide) groups is 1. The van der Waals surface area contributed by atoms with E-state index < -0.39 is 0 Å².